The third-order valence-electron chi connectivity index (χ3n) is 4.72. The van der Waals surface area contributed by atoms with Crippen molar-refractivity contribution in [1.82, 2.24) is 5.32 Å². The summed E-state index contributed by atoms with van der Waals surface area (Å²) in [5.74, 6) is -0.835. The van der Waals surface area contributed by atoms with Gasteiger partial charge >= 0.3 is 5.97 Å². The molecule has 0 bridgehead atoms. The number of allylic oxidation sites excluding steroid dienone is 1. The largest absolute Gasteiger partial charge is 0.460 e. The number of thioether (sulfide) groups is 1. The maximum Gasteiger partial charge on any atom is 0.316 e. The molecular weight excluding hydrogens is 384 g/mol. The minimum atomic E-state index is -0.396. The van der Waals surface area contributed by atoms with Crippen molar-refractivity contribution in [2.75, 3.05) is 5.75 Å². The molecule has 5 nitrogen and oxygen atoms in total. The van der Waals surface area contributed by atoms with Crippen LogP contribution in [0.15, 0.2) is 65.2 Å². The number of amides is 1. The Morgan fingerprint density at radius 2 is 1.90 bits per heavy atom. The minimum Gasteiger partial charge on any atom is -0.460 e. The van der Waals surface area contributed by atoms with Gasteiger partial charge in [-0.2, -0.15) is 5.26 Å². The van der Waals surface area contributed by atoms with Gasteiger partial charge in [0.15, 0.2) is 0 Å². The van der Waals surface area contributed by atoms with Gasteiger partial charge in [-0.1, -0.05) is 73.3 Å². The van der Waals surface area contributed by atoms with E-state index in [1.165, 1.54) is 5.56 Å². The van der Waals surface area contributed by atoms with E-state index in [-0.39, 0.29) is 30.6 Å². The van der Waals surface area contributed by atoms with Crippen LogP contribution in [-0.2, 0) is 27.4 Å². The average Bonchev–Trinajstić information content (AvgIpc) is 2.76. The van der Waals surface area contributed by atoms with Gasteiger partial charge in [-0.3, -0.25) is 9.59 Å². The van der Waals surface area contributed by atoms with Crippen molar-refractivity contribution >= 4 is 23.6 Å². The number of rotatable bonds is 7. The van der Waals surface area contributed by atoms with Gasteiger partial charge in [0.25, 0.3) is 0 Å². The van der Waals surface area contributed by atoms with E-state index in [9.17, 15) is 14.9 Å². The number of carbonyl (C=O) groups is 2. The van der Waals surface area contributed by atoms with E-state index < -0.39 is 5.97 Å². The molecule has 1 aliphatic rings. The Balaban J connectivity index is 1.68. The van der Waals surface area contributed by atoms with E-state index >= 15 is 0 Å². The molecular formula is C23H22N2O3S. The van der Waals surface area contributed by atoms with Gasteiger partial charge in [0, 0.05) is 12.3 Å². The first-order chi connectivity index (χ1) is 14.1. The summed E-state index contributed by atoms with van der Waals surface area (Å²) in [6, 6.07) is 19.6. The van der Waals surface area contributed by atoms with Gasteiger partial charge in [0.05, 0.1) is 22.4 Å². The summed E-state index contributed by atoms with van der Waals surface area (Å²) in [5.41, 5.74) is 3.52. The number of esters is 1. The summed E-state index contributed by atoms with van der Waals surface area (Å²) < 4.78 is 5.27. The second-order valence-electron chi connectivity index (χ2n) is 6.69. The molecule has 148 valence electrons. The number of hydrogen-bond acceptors (Lipinski definition) is 5. The Bertz CT molecular complexity index is 946. The Labute approximate surface area is 174 Å². The molecule has 29 heavy (non-hydrogen) atoms. The SMILES string of the molecule is CCc1ccc([C@@H]2CC(=O)NC(SCC(=O)OCc3ccccc3)=C2C#N)cc1. The van der Waals surface area contributed by atoms with Gasteiger partial charge in [-0.25, -0.2) is 0 Å². The Morgan fingerprint density at radius 3 is 2.55 bits per heavy atom. The molecule has 3 rings (SSSR count). The van der Waals surface area contributed by atoms with Gasteiger partial charge in [0.1, 0.15) is 6.61 Å². The second kappa shape index (κ2) is 9.94. The van der Waals surface area contributed by atoms with Crippen LogP contribution in [0.25, 0.3) is 0 Å². The summed E-state index contributed by atoms with van der Waals surface area (Å²) >= 11 is 1.13. The topological polar surface area (TPSA) is 79.2 Å². The van der Waals surface area contributed by atoms with Crippen molar-refractivity contribution in [1.29, 1.82) is 5.26 Å². The van der Waals surface area contributed by atoms with Crippen LogP contribution in [0.2, 0.25) is 0 Å². The Morgan fingerprint density at radius 1 is 1.17 bits per heavy atom. The number of ether oxygens (including phenoxy) is 1. The van der Waals surface area contributed by atoms with Crippen LogP contribution in [0.4, 0.5) is 0 Å². The Kier molecular flexibility index (Phi) is 7.09. The monoisotopic (exact) mass is 406 g/mol. The normalized spacial score (nSPS) is 16.1. The quantitative estimate of drug-likeness (QED) is 0.702. The molecule has 0 saturated heterocycles. The van der Waals surface area contributed by atoms with Gasteiger partial charge in [-0.15, -0.1) is 0 Å². The van der Waals surface area contributed by atoms with Crippen LogP contribution in [0.5, 0.6) is 0 Å². The summed E-state index contributed by atoms with van der Waals surface area (Å²) in [6.45, 7) is 2.28. The van der Waals surface area contributed by atoms with Crippen LogP contribution in [0, 0.1) is 11.3 Å². The number of nitriles is 1. The van der Waals surface area contributed by atoms with Crippen molar-refractivity contribution < 1.29 is 14.3 Å². The fraction of sp³-hybridized carbons (Fsp3) is 0.261. The van der Waals surface area contributed by atoms with E-state index in [0.717, 1.165) is 29.3 Å². The van der Waals surface area contributed by atoms with Gasteiger partial charge in [-0.05, 0) is 23.1 Å². The molecule has 6 heteroatoms. The van der Waals surface area contributed by atoms with Crippen molar-refractivity contribution in [3.05, 3.63) is 81.9 Å². The molecule has 0 unspecified atom stereocenters. The molecule has 1 N–H and O–H groups in total. The molecule has 0 radical (unpaired) electrons. The number of aryl methyl sites for hydroxylation is 1. The van der Waals surface area contributed by atoms with Crippen LogP contribution in [-0.4, -0.2) is 17.6 Å². The second-order valence-corrected chi connectivity index (χ2v) is 7.68. The van der Waals surface area contributed by atoms with E-state index in [2.05, 4.69) is 18.3 Å². The van der Waals surface area contributed by atoms with Crippen LogP contribution in [0.1, 0.15) is 36.0 Å². The summed E-state index contributed by atoms with van der Waals surface area (Å²) in [7, 11) is 0. The highest BCUT2D eigenvalue weighted by atomic mass is 32.2. The third-order valence-corrected chi connectivity index (χ3v) is 5.71. The van der Waals surface area contributed by atoms with E-state index in [1.807, 2.05) is 54.6 Å². The molecule has 1 atom stereocenters. The molecule has 0 aliphatic carbocycles. The van der Waals surface area contributed by atoms with Gasteiger partial charge < -0.3 is 10.1 Å². The molecule has 2 aromatic rings. The fourth-order valence-electron chi connectivity index (χ4n) is 3.11. The van der Waals surface area contributed by atoms with Gasteiger partial charge in [0.2, 0.25) is 5.91 Å². The first-order valence-corrected chi connectivity index (χ1v) is 10.4. The number of benzene rings is 2. The molecule has 1 aliphatic heterocycles. The number of nitrogens with zero attached hydrogens (tertiary/aromatic N) is 1. The number of carbonyl (C=O) groups excluding carboxylic acids is 2. The lowest BCUT2D eigenvalue weighted by Gasteiger charge is -2.25. The first kappa shape index (κ1) is 20.7. The lowest BCUT2D eigenvalue weighted by molar-refractivity contribution is -0.141. The third kappa shape index (κ3) is 5.49. The highest BCUT2D eigenvalue weighted by Gasteiger charge is 2.29. The van der Waals surface area contributed by atoms with Crippen molar-refractivity contribution in [3.63, 3.8) is 0 Å². The van der Waals surface area contributed by atoms with Crippen molar-refractivity contribution in [2.24, 2.45) is 0 Å². The zero-order valence-corrected chi connectivity index (χ0v) is 17.0. The highest BCUT2D eigenvalue weighted by Crippen LogP contribution is 2.36. The highest BCUT2D eigenvalue weighted by molar-refractivity contribution is 8.03. The zero-order valence-electron chi connectivity index (χ0n) is 16.2. The summed E-state index contributed by atoms with van der Waals surface area (Å²) in [6.07, 6.45) is 1.15. The summed E-state index contributed by atoms with van der Waals surface area (Å²) in [4.78, 5) is 24.3. The maximum atomic E-state index is 12.2. The predicted octanol–water partition coefficient (Wildman–Crippen LogP) is 4.06. The molecule has 0 fully saturated rings. The predicted molar refractivity (Wildman–Crippen MR) is 113 cm³/mol. The van der Waals surface area contributed by atoms with E-state index in [4.69, 9.17) is 4.74 Å². The maximum absolute atomic E-state index is 12.2. The fourth-order valence-corrected chi connectivity index (χ4v) is 3.99. The van der Waals surface area contributed by atoms with E-state index in [1.54, 1.807) is 0 Å². The van der Waals surface area contributed by atoms with Crippen LogP contribution in [0.3, 0.4) is 0 Å². The standard InChI is InChI=1S/C23H22N2O3S/c1-2-16-8-10-18(11-9-16)19-12-21(26)25-23(20(19)13-24)29-15-22(27)28-14-17-6-4-3-5-7-17/h3-11,19H,2,12,14-15H2,1H3,(H,25,26)/t19-/m0/s1. The molecule has 0 spiro atoms. The van der Waals surface area contributed by atoms with Crippen LogP contribution >= 0.6 is 11.8 Å². The zero-order chi connectivity index (χ0) is 20.6. The molecule has 1 amide bonds. The lowest BCUT2D eigenvalue weighted by Crippen LogP contribution is -2.31. The van der Waals surface area contributed by atoms with Crippen LogP contribution < -0.4 is 5.32 Å². The van der Waals surface area contributed by atoms with Crippen molar-refractivity contribution in [2.45, 2.75) is 32.3 Å². The Hall–Kier alpha value is -3.04. The molecule has 0 aromatic heterocycles. The average molecular weight is 407 g/mol. The summed E-state index contributed by atoms with van der Waals surface area (Å²) in [5, 5.41) is 12.9. The molecule has 0 saturated carbocycles. The first-order valence-electron chi connectivity index (χ1n) is 9.46. The van der Waals surface area contributed by atoms with Crippen molar-refractivity contribution in [3.8, 4) is 6.07 Å². The number of hydrogen-bond donors (Lipinski definition) is 1. The van der Waals surface area contributed by atoms with E-state index in [0.29, 0.717) is 10.6 Å². The minimum absolute atomic E-state index is 0.0229. The lowest BCUT2D eigenvalue weighted by atomic mass is 9.86. The smallest absolute Gasteiger partial charge is 0.316 e. The molecule has 1 heterocycles. The molecule has 2 aromatic carbocycles. The number of nitrogens with one attached hydrogen (secondary N) is 1.